The predicted octanol–water partition coefficient (Wildman–Crippen LogP) is 5.76. The van der Waals surface area contributed by atoms with E-state index in [0.717, 1.165) is 11.8 Å². The molecule has 0 saturated carbocycles. The third-order valence-electron chi connectivity index (χ3n) is 4.00. The molecule has 1 N–H and O–H groups in total. The molecule has 3 aromatic rings. The molecule has 2 aromatic carbocycles. The number of anilines is 1. The maximum absolute atomic E-state index is 13.0. The summed E-state index contributed by atoms with van der Waals surface area (Å²) in [5, 5.41) is 2.73. The molecule has 0 fully saturated rings. The molecule has 4 nitrogen and oxygen atoms in total. The number of nitrogens with zero attached hydrogens (tertiary/aromatic N) is 1. The van der Waals surface area contributed by atoms with E-state index in [4.69, 9.17) is 4.74 Å². The van der Waals surface area contributed by atoms with Crippen molar-refractivity contribution in [3.8, 4) is 11.5 Å². The fourth-order valence-electron chi connectivity index (χ4n) is 2.65. The molecule has 7 heteroatoms. The summed E-state index contributed by atoms with van der Waals surface area (Å²) in [5.74, 6) is -0.378. The van der Waals surface area contributed by atoms with Gasteiger partial charge in [0, 0.05) is 11.4 Å². The highest BCUT2D eigenvalue weighted by atomic mass is 19.4. The average molecular weight is 386 g/mol. The smallest absolute Gasteiger partial charge is 0.419 e. The second kappa shape index (κ2) is 7.72. The van der Waals surface area contributed by atoms with E-state index in [0.29, 0.717) is 16.9 Å². The van der Waals surface area contributed by atoms with E-state index in [2.05, 4.69) is 10.3 Å². The molecule has 1 amide bonds. The Morgan fingerprint density at radius 1 is 0.964 bits per heavy atom. The van der Waals surface area contributed by atoms with Gasteiger partial charge in [-0.25, -0.2) is 0 Å². The number of hydrogen-bond acceptors (Lipinski definition) is 3. The minimum absolute atomic E-state index is 0.225. The number of aromatic nitrogens is 1. The third kappa shape index (κ3) is 4.49. The summed E-state index contributed by atoms with van der Waals surface area (Å²) in [5.41, 5.74) is 1.51. The zero-order valence-corrected chi connectivity index (χ0v) is 15.2. The number of hydrogen-bond donors (Lipinski definition) is 1. The molecule has 0 aliphatic heterocycles. The van der Waals surface area contributed by atoms with Crippen molar-refractivity contribution in [1.29, 1.82) is 0 Å². The maximum atomic E-state index is 13.0. The van der Waals surface area contributed by atoms with Crippen LogP contribution >= 0.6 is 0 Å². The number of ether oxygens (including phenoxy) is 1. The summed E-state index contributed by atoms with van der Waals surface area (Å²) in [4.78, 5) is 16.6. The fourth-order valence-corrected chi connectivity index (χ4v) is 2.65. The Morgan fingerprint density at radius 2 is 1.64 bits per heavy atom. The van der Waals surface area contributed by atoms with E-state index >= 15 is 0 Å². The highest BCUT2D eigenvalue weighted by Gasteiger charge is 2.34. The van der Waals surface area contributed by atoms with E-state index in [1.54, 1.807) is 31.2 Å². The highest BCUT2D eigenvalue weighted by molar-refractivity contribution is 6.05. The molecule has 144 valence electrons. The first-order valence-corrected chi connectivity index (χ1v) is 8.44. The topological polar surface area (TPSA) is 51.2 Å². The Morgan fingerprint density at radius 3 is 2.29 bits per heavy atom. The first-order chi connectivity index (χ1) is 13.2. The number of carbonyl (C=O) groups is 1. The summed E-state index contributed by atoms with van der Waals surface area (Å²) in [6.07, 6.45) is -4.51. The molecule has 0 atom stereocenters. The maximum Gasteiger partial charge on any atom is 0.419 e. The molecule has 1 aromatic heterocycles. The lowest BCUT2D eigenvalue weighted by molar-refractivity contribution is -0.138. The Hall–Kier alpha value is -3.35. The third-order valence-corrected chi connectivity index (χ3v) is 4.00. The number of para-hydroxylation sites is 1. The van der Waals surface area contributed by atoms with Crippen LogP contribution in [0.4, 0.5) is 18.9 Å². The van der Waals surface area contributed by atoms with Gasteiger partial charge in [0.05, 0.1) is 16.8 Å². The van der Waals surface area contributed by atoms with Gasteiger partial charge in [-0.15, -0.1) is 0 Å². The molecule has 0 bridgehead atoms. The van der Waals surface area contributed by atoms with Crippen molar-refractivity contribution in [2.75, 3.05) is 5.32 Å². The Kier molecular flexibility index (Phi) is 5.35. The SMILES string of the molecule is Cc1ccc(C(=O)Nc2ccc(Oc3ccccc3C(F)(F)F)cc2)c(C)n1. The quantitative estimate of drug-likeness (QED) is 0.620. The van der Waals surface area contributed by atoms with Crippen molar-refractivity contribution in [2.24, 2.45) is 0 Å². The number of carbonyl (C=O) groups excluding carboxylic acids is 1. The molecular formula is C21H17F3N2O2. The van der Waals surface area contributed by atoms with Crippen LogP contribution in [-0.4, -0.2) is 10.9 Å². The summed E-state index contributed by atoms with van der Waals surface area (Å²) < 4.78 is 44.5. The molecule has 0 aliphatic carbocycles. The second-order valence-electron chi connectivity index (χ2n) is 6.16. The first-order valence-electron chi connectivity index (χ1n) is 8.44. The number of amides is 1. The summed E-state index contributed by atoms with van der Waals surface area (Å²) in [6, 6.07) is 14.5. The number of rotatable bonds is 4. The van der Waals surface area contributed by atoms with Crippen LogP contribution in [-0.2, 0) is 6.18 Å². The van der Waals surface area contributed by atoms with Crippen molar-refractivity contribution in [3.05, 3.63) is 83.2 Å². The lowest BCUT2D eigenvalue weighted by atomic mass is 10.1. The molecule has 0 radical (unpaired) electrons. The first kappa shape index (κ1) is 19.4. The number of benzene rings is 2. The molecule has 0 saturated heterocycles. The van der Waals surface area contributed by atoms with Crippen molar-refractivity contribution in [2.45, 2.75) is 20.0 Å². The minimum atomic E-state index is -4.51. The normalized spacial score (nSPS) is 11.2. The molecule has 3 rings (SSSR count). The number of nitrogens with one attached hydrogen (secondary N) is 1. The van der Waals surface area contributed by atoms with Crippen LogP contribution in [0.3, 0.4) is 0 Å². The van der Waals surface area contributed by atoms with Gasteiger partial charge < -0.3 is 10.1 Å². The Balaban J connectivity index is 1.73. The second-order valence-corrected chi connectivity index (χ2v) is 6.16. The summed E-state index contributed by atoms with van der Waals surface area (Å²) in [7, 11) is 0. The minimum Gasteiger partial charge on any atom is -0.457 e. The van der Waals surface area contributed by atoms with Gasteiger partial charge in [-0.2, -0.15) is 13.2 Å². The predicted molar refractivity (Wildman–Crippen MR) is 99.6 cm³/mol. The fraction of sp³-hybridized carbons (Fsp3) is 0.143. The van der Waals surface area contributed by atoms with Crippen molar-refractivity contribution >= 4 is 11.6 Å². The van der Waals surface area contributed by atoms with E-state index in [1.807, 2.05) is 6.92 Å². The summed E-state index contributed by atoms with van der Waals surface area (Å²) >= 11 is 0. The van der Waals surface area contributed by atoms with Crippen molar-refractivity contribution in [1.82, 2.24) is 4.98 Å². The zero-order valence-electron chi connectivity index (χ0n) is 15.2. The van der Waals surface area contributed by atoms with Gasteiger partial charge in [-0.3, -0.25) is 9.78 Å². The molecule has 0 aliphatic rings. The van der Waals surface area contributed by atoms with E-state index < -0.39 is 11.7 Å². The van der Waals surface area contributed by atoms with E-state index in [9.17, 15) is 18.0 Å². The summed E-state index contributed by atoms with van der Waals surface area (Å²) in [6.45, 7) is 3.58. The number of aryl methyl sites for hydroxylation is 2. The number of alkyl halides is 3. The molecule has 0 unspecified atom stereocenters. The molecule has 1 heterocycles. The monoisotopic (exact) mass is 386 g/mol. The van der Waals surface area contributed by atoms with Crippen molar-refractivity contribution in [3.63, 3.8) is 0 Å². The van der Waals surface area contributed by atoms with Crippen LogP contribution in [0, 0.1) is 13.8 Å². The van der Waals surface area contributed by atoms with E-state index in [1.165, 1.54) is 30.3 Å². The molecule has 28 heavy (non-hydrogen) atoms. The van der Waals surface area contributed by atoms with Gasteiger partial charge in [0.15, 0.2) is 0 Å². The van der Waals surface area contributed by atoms with E-state index in [-0.39, 0.29) is 17.4 Å². The van der Waals surface area contributed by atoms with Crippen molar-refractivity contribution < 1.29 is 22.7 Å². The molecular weight excluding hydrogens is 369 g/mol. The van der Waals surface area contributed by atoms with Crippen LogP contribution in [0.2, 0.25) is 0 Å². The Bertz CT molecular complexity index is 999. The van der Waals surface area contributed by atoms with Crippen LogP contribution in [0.1, 0.15) is 27.3 Å². The largest absolute Gasteiger partial charge is 0.457 e. The van der Waals surface area contributed by atoms with Gasteiger partial charge in [0.25, 0.3) is 5.91 Å². The standard InChI is InChI=1S/C21H17F3N2O2/c1-13-7-12-17(14(2)25-13)20(27)26-15-8-10-16(11-9-15)28-19-6-4-3-5-18(19)21(22,23)24/h3-12H,1-2H3,(H,26,27). The molecule has 0 spiro atoms. The average Bonchev–Trinajstić information content (AvgIpc) is 2.63. The van der Waals surface area contributed by atoms with Gasteiger partial charge in [-0.05, 0) is 62.4 Å². The lowest BCUT2D eigenvalue weighted by Crippen LogP contribution is -2.14. The van der Waals surface area contributed by atoms with Crippen LogP contribution in [0.25, 0.3) is 0 Å². The van der Waals surface area contributed by atoms with Gasteiger partial charge in [0.2, 0.25) is 0 Å². The van der Waals surface area contributed by atoms with Gasteiger partial charge in [-0.1, -0.05) is 12.1 Å². The van der Waals surface area contributed by atoms with Crippen LogP contribution in [0.5, 0.6) is 11.5 Å². The van der Waals surface area contributed by atoms with Crippen LogP contribution < -0.4 is 10.1 Å². The number of pyridine rings is 1. The zero-order chi connectivity index (χ0) is 20.3. The Labute approximate surface area is 160 Å². The van der Waals surface area contributed by atoms with Gasteiger partial charge in [0.1, 0.15) is 11.5 Å². The number of halogens is 3. The van der Waals surface area contributed by atoms with Crippen LogP contribution in [0.15, 0.2) is 60.7 Å². The van der Waals surface area contributed by atoms with Gasteiger partial charge >= 0.3 is 6.18 Å². The lowest BCUT2D eigenvalue weighted by Gasteiger charge is -2.14. The highest BCUT2D eigenvalue weighted by Crippen LogP contribution is 2.38.